The Morgan fingerprint density at radius 1 is 1.08 bits per heavy atom. The number of benzene rings is 2. The number of methoxy groups -OCH3 is 1. The van der Waals surface area contributed by atoms with Gasteiger partial charge in [-0.3, -0.25) is 9.69 Å². The first-order valence-corrected chi connectivity index (χ1v) is 9.25. The second-order valence-corrected chi connectivity index (χ2v) is 7.67. The van der Waals surface area contributed by atoms with Crippen LogP contribution in [0.2, 0.25) is 0 Å². The maximum Gasteiger partial charge on any atom is 0.176 e. The topological polar surface area (TPSA) is 49.8 Å². The first-order valence-electron chi connectivity index (χ1n) is 9.25. The van der Waals surface area contributed by atoms with Gasteiger partial charge in [0, 0.05) is 18.7 Å². The standard InChI is InChI=1S/C22H25NO3/c1-26-20-9-7-16(8-10-20)21(24)15-23-13-17-11-22(25,12-18(17)14-23)19-5-3-2-4-6-19/h2-10,17-18,25H,11-15H2,1H3/t17-,18+,22-. The van der Waals surface area contributed by atoms with Gasteiger partial charge in [0.05, 0.1) is 19.3 Å². The molecule has 0 radical (unpaired) electrons. The van der Waals surface area contributed by atoms with Crippen LogP contribution in [0.3, 0.4) is 0 Å². The zero-order chi connectivity index (χ0) is 18.1. The number of hydrogen-bond acceptors (Lipinski definition) is 4. The third kappa shape index (κ3) is 3.27. The molecule has 3 atom stereocenters. The fourth-order valence-electron chi connectivity index (χ4n) is 4.63. The average Bonchev–Trinajstić information content (AvgIpc) is 3.17. The van der Waals surface area contributed by atoms with Crippen molar-refractivity contribution in [1.29, 1.82) is 0 Å². The summed E-state index contributed by atoms with van der Waals surface area (Å²) in [6.45, 7) is 2.23. The first kappa shape index (κ1) is 17.3. The Morgan fingerprint density at radius 3 is 2.27 bits per heavy atom. The first-order chi connectivity index (χ1) is 12.6. The molecule has 2 aromatic rings. The van der Waals surface area contributed by atoms with Crippen molar-refractivity contribution < 1.29 is 14.6 Å². The van der Waals surface area contributed by atoms with E-state index in [1.54, 1.807) is 7.11 Å². The lowest BCUT2D eigenvalue weighted by Crippen LogP contribution is -2.31. The van der Waals surface area contributed by atoms with Gasteiger partial charge in [-0.15, -0.1) is 0 Å². The summed E-state index contributed by atoms with van der Waals surface area (Å²) >= 11 is 0. The van der Waals surface area contributed by atoms with Gasteiger partial charge in [0.25, 0.3) is 0 Å². The summed E-state index contributed by atoms with van der Waals surface area (Å²) in [6.07, 6.45) is 1.57. The van der Waals surface area contributed by atoms with Crippen molar-refractivity contribution in [3.63, 3.8) is 0 Å². The summed E-state index contributed by atoms with van der Waals surface area (Å²) in [7, 11) is 1.62. The van der Waals surface area contributed by atoms with E-state index in [0.29, 0.717) is 18.4 Å². The molecule has 1 aliphatic carbocycles. The number of hydrogen-bond donors (Lipinski definition) is 1. The van der Waals surface area contributed by atoms with Crippen LogP contribution >= 0.6 is 0 Å². The average molecular weight is 351 g/mol. The molecular weight excluding hydrogens is 326 g/mol. The Balaban J connectivity index is 1.36. The molecule has 4 rings (SSSR count). The molecule has 4 heteroatoms. The number of nitrogens with zero attached hydrogens (tertiary/aromatic N) is 1. The molecule has 1 saturated carbocycles. The van der Waals surface area contributed by atoms with Gasteiger partial charge in [0.2, 0.25) is 0 Å². The van der Waals surface area contributed by atoms with Crippen LogP contribution in [-0.2, 0) is 5.60 Å². The second-order valence-electron chi connectivity index (χ2n) is 7.67. The molecule has 2 aromatic carbocycles. The van der Waals surface area contributed by atoms with E-state index in [4.69, 9.17) is 4.74 Å². The Kier molecular flexibility index (Phi) is 4.55. The Labute approximate surface area is 154 Å². The molecule has 0 unspecified atom stereocenters. The number of likely N-dealkylation sites (tertiary alicyclic amines) is 1. The van der Waals surface area contributed by atoms with Crippen LogP contribution < -0.4 is 4.74 Å². The van der Waals surface area contributed by atoms with Gasteiger partial charge in [-0.05, 0) is 54.5 Å². The molecule has 0 amide bonds. The van der Waals surface area contributed by atoms with Crippen molar-refractivity contribution in [2.45, 2.75) is 18.4 Å². The van der Waals surface area contributed by atoms with Gasteiger partial charge in [-0.1, -0.05) is 30.3 Å². The highest BCUT2D eigenvalue weighted by Gasteiger charge is 2.49. The molecule has 0 bridgehead atoms. The SMILES string of the molecule is COc1ccc(C(=O)CN2C[C@@H]3C[C@@](O)(c4ccccc4)C[C@@H]3C2)cc1. The van der Waals surface area contributed by atoms with Crippen LogP contribution in [0, 0.1) is 11.8 Å². The lowest BCUT2D eigenvalue weighted by molar-refractivity contribution is 0.0315. The normalized spacial score (nSPS) is 28.1. The number of rotatable bonds is 5. The fraction of sp³-hybridized carbons (Fsp3) is 0.409. The molecule has 0 spiro atoms. The van der Waals surface area contributed by atoms with Crippen molar-refractivity contribution in [3.05, 3.63) is 65.7 Å². The van der Waals surface area contributed by atoms with E-state index in [-0.39, 0.29) is 5.78 Å². The van der Waals surface area contributed by atoms with E-state index in [9.17, 15) is 9.90 Å². The highest BCUT2D eigenvalue weighted by molar-refractivity contribution is 5.97. The zero-order valence-corrected chi connectivity index (χ0v) is 15.1. The van der Waals surface area contributed by atoms with Gasteiger partial charge in [0.15, 0.2) is 5.78 Å². The molecule has 136 valence electrons. The van der Waals surface area contributed by atoms with Crippen molar-refractivity contribution in [3.8, 4) is 5.75 Å². The van der Waals surface area contributed by atoms with Crippen LogP contribution in [0.15, 0.2) is 54.6 Å². The molecule has 2 aliphatic rings. The van der Waals surface area contributed by atoms with Crippen LogP contribution in [-0.4, -0.2) is 42.5 Å². The third-order valence-electron chi connectivity index (χ3n) is 5.94. The van der Waals surface area contributed by atoms with Gasteiger partial charge in [-0.2, -0.15) is 0 Å². The van der Waals surface area contributed by atoms with Gasteiger partial charge >= 0.3 is 0 Å². The molecule has 0 aromatic heterocycles. The molecule has 1 saturated heterocycles. The summed E-state index contributed by atoms with van der Waals surface area (Å²) in [5.41, 5.74) is 1.04. The molecule has 4 nitrogen and oxygen atoms in total. The zero-order valence-electron chi connectivity index (χ0n) is 15.1. The Hall–Kier alpha value is -2.17. The lowest BCUT2D eigenvalue weighted by atomic mass is 9.90. The van der Waals surface area contributed by atoms with E-state index in [2.05, 4.69) is 4.90 Å². The molecule has 2 fully saturated rings. The van der Waals surface area contributed by atoms with E-state index in [0.717, 1.165) is 42.8 Å². The molecular formula is C22H25NO3. The quantitative estimate of drug-likeness (QED) is 0.841. The molecule has 1 heterocycles. The van der Waals surface area contributed by atoms with E-state index in [1.807, 2.05) is 54.6 Å². The van der Waals surface area contributed by atoms with Crippen molar-refractivity contribution >= 4 is 5.78 Å². The maximum atomic E-state index is 12.5. The molecule has 1 aliphatic heterocycles. The number of ether oxygens (including phenoxy) is 1. The van der Waals surface area contributed by atoms with Crippen LogP contribution in [0.5, 0.6) is 5.75 Å². The summed E-state index contributed by atoms with van der Waals surface area (Å²) in [6, 6.07) is 17.3. The second kappa shape index (κ2) is 6.86. The lowest BCUT2D eigenvalue weighted by Gasteiger charge is -2.26. The van der Waals surface area contributed by atoms with Crippen LogP contribution in [0.4, 0.5) is 0 Å². The number of fused-ring (bicyclic) bond motifs is 1. The van der Waals surface area contributed by atoms with Gasteiger partial charge in [0.1, 0.15) is 5.75 Å². The minimum atomic E-state index is -0.706. The van der Waals surface area contributed by atoms with E-state index < -0.39 is 5.60 Å². The molecule has 1 N–H and O–H groups in total. The van der Waals surface area contributed by atoms with E-state index in [1.165, 1.54) is 0 Å². The summed E-state index contributed by atoms with van der Waals surface area (Å²) in [4.78, 5) is 14.8. The number of ketones is 1. The summed E-state index contributed by atoms with van der Waals surface area (Å²) < 4.78 is 5.14. The van der Waals surface area contributed by atoms with Crippen LogP contribution in [0.25, 0.3) is 0 Å². The Bertz CT molecular complexity index is 758. The van der Waals surface area contributed by atoms with Crippen molar-refractivity contribution in [1.82, 2.24) is 4.90 Å². The van der Waals surface area contributed by atoms with Gasteiger partial charge < -0.3 is 9.84 Å². The molecule has 26 heavy (non-hydrogen) atoms. The number of Topliss-reactive ketones (excluding diaryl/α,β-unsaturated/α-hetero) is 1. The highest BCUT2D eigenvalue weighted by atomic mass is 16.5. The predicted octanol–water partition coefficient (Wildman–Crippen LogP) is 3.11. The monoisotopic (exact) mass is 351 g/mol. The van der Waals surface area contributed by atoms with Crippen LogP contribution in [0.1, 0.15) is 28.8 Å². The van der Waals surface area contributed by atoms with Crippen molar-refractivity contribution in [2.75, 3.05) is 26.7 Å². The Morgan fingerprint density at radius 2 is 1.69 bits per heavy atom. The minimum Gasteiger partial charge on any atom is -0.497 e. The number of carbonyl (C=O) groups is 1. The number of carbonyl (C=O) groups excluding carboxylic acids is 1. The number of aliphatic hydroxyl groups is 1. The van der Waals surface area contributed by atoms with Crippen molar-refractivity contribution in [2.24, 2.45) is 11.8 Å². The minimum absolute atomic E-state index is 0.144. The third-order valence-corrected chi connectivity index (χ3v) is 5.94. The van der Waals surface area contributed by atoms with E-state index >= 15 is 0 Å². The predicted molar refractivity (Wildman–Crippen MR) is 100 cm³/mol. The fourth-order valence-corrected chi connectivity index (χ4v) is 4.63. The summed E-state index contributed by atoms with van der Waals surface area (Å²) in [5, 5.41) is 11.1. The highest BCUT2D eigenvalue weighted by Crippen LogP contribution is 2.48. The largest absolute Gasteiger partial charge is 0.497 e. The smallest absolute Gasteiger partial charge is 0.176 e. The maximum absolute atomic E-state index is 12.5. The summed E-state index contributed by atoms with van der Waals surface area (Å²) in [5.74, 6) is 1.83. The van der Waals surface area contributed by atoms with Gasteiger partial charge in [-0.25, -0.2) is 0 Å².